The molecule has 2 N–H and O–H groups in total. The molecule has 1 fully saturated rings. The fourth-order valence-corrected chi connectivity index (χ4v) is 2.76. The first-order valence-corrected chi connectivity index (χ1v) is 7.83. The Balaban J connectivity index is 1.91. The van der Waals surface area contributed by atoms with Crippen LogP contribution in [0.25, 0.3) is 0 Å². The smallest absolute Gasteiger partial charge is 0.239 e. The standard InChI is InChI=1S/C17H26N2O2/c1-3-15-12-21-13(2)11-19(15)17(20)16(18)10-9-14-7-5-4-6-8-14/h4-8,13,15-16H,3,9-12,18H2,1-2H3. The van der Waals surface area contributed by atoms with Gasteiger partial charge in [0.15, 0.2) is 0 Å². The lowest BCUT2D eigenvalue weighted by Crippen LogP contribution is -2.55. The van der Waals surface area contributed by atoms with Gasteiger partial charge in [0, 0.05) is 6.54 Å². The van der Waals surface area contributed by atoms with Crippen LogP contribution < -0.4 is 5.73 Å². The largest absolute Gasteiger partial charge is 0.375 e. The summed E-state index contributed by atoms with van der Waals surface area (Å²) in [5.74, 6) is 0.0629. The van der Waals surface area contributed by atoms with E-state index in [4.69, 9.17) is 10.5 Å². The van der Waals surface area contributed by atoms with Gasteiger partial charge < -0.3 is 15.4 Å². The molecule has 21 heavy (non-hydrogen) atoms. The number of carbonyl (C=O) groups is 1. The molecule has 1 aromatic carbocycles. The van der Waals surface area contributed by atoms with Crippen molar-refractivity contribution >= 4 is 5.91 Å². The third kappa shape index (κ3) is 4.29. The lowest BCUT2D eigenvalue weighted by Gasteiger charge is -2.39. The van der Waals surface area contributed by atoms with Crippen molar-refractivity contribution in [2.24, 2.45) is 5.73 Å². The van der Waals surface area contributed by atoms with Crippen LogP contribution in [-0.4, -0.2) is 42.1 Å². The normalized spacial score (nSPS) is 23.9. The van der Waals surface area contributed by atoms with E-state index in [0.29, 0.717) is 19.6 Å². The summed E-state index contributed by atoms with van der Waals surface area (Å²) in [6.45, 7) is 5.35. The van der Waals surface area contributed by atoms with E-state index in [-0.39, 0.29) is 18.1 Å². The number of aryl methyl sites for hydroxylation is 1. The lowest BCUT2D eigenvalue weighted by molar-refractivity contribution is -0.145. The second-order valence-electron chi connectivity index (χ2n) is 5.83. The quantitative estimate of drug-likeness (QED) is 0.902. The summed E-state index contributed by atoms with van der Waals surface area (Å²) in [7, 11) is 0. The highest BCUT2D eigenvalue weighted by Gasteiger charge is 2.31. The molecule has 1 aliphatic rings. The molecule has 1 amide bonds. The maximum atomic E-state index is 12.6. The van der Waals surface area contributed by atoms with Crippen LogP contribution in [0.4, 0.5) is 0 Å². The summed E-state index contributed by atoms with van der Waals surface area (Å²) in [6.07, 6.45) is 2.53. The molecule has 116 valence electrons. The fraction of sp³-hybridized carbons (Fsp3) is 0.588. The minimum absolute atomic E-state index is 0.0629. The maximum Gasteiger partial charge on any atom is 0.239 e. The van der Waals surface area contributed by atoms with Crippen LogP contribution in [0.3, 0.4) is 0 Å². The molecule has 0 spiro atoms. The minimum Gasteiger partial charge on any atom is -0.375 e. The Morgan fingerprint density at radius 2 is 2.14 bits per heavy atom. The third-order valence-corrected chi connectivity index (χ3v) is 4.13. The van der Waals surface area contributed by atoms with E-state index in [2.05, 4.69) is 19.1 Å². The number of carbonyl (C=O) groups excluding carboxylic acids is 1. The number of amides is 1. The highest BCUT2D eigenvalue weighted by molar-refractivity contribution is 5.82. The number of nitrogens with two attached hydrogens (primary N) is 1. The van der Waals surface area contributed by atoms with E-state index in [0.717, 1.165) is 12.8 Å². The first-order chi connectivity index (χ1) is 10.1. The summed E-state index contributed by atoms with van der Waals surface area (Å²) < 4.78 is 5.64. The van der Waals surface area contributed by atoms with E-state index < -0.39 is 6.04 Å². The Morgan fingerprint density at radius 1 is 1.43 bits per heavy atom. The van der Waals surface area contributed by atoms with Crippen molar-refractivity contribution < 1.29 is 9.53 Å². The lowest BCUT2D eigenvalue weighted by atomic mass is 10.0. The Hall–Kier alpha value is -1.39. The topological polar surface area (TPSA) is 55.6 Å². The van der Waals surface area contributed by atoms with Gasteiger partial charge in [0.1, 0.15) is 0 Å². The van der Waals surface area contributed by atoms with Crippen molar-refractivity contribution in [3.63, 3.8) is 0 Å². The summed E-state index contributed by atoms with van der Waals surface area (Å²) in [5.41, 5.74) is 7.35. The second-order valence-corrected chi connectivity index (χ2v) is 5.83. The first kappa shape index (κ1) is 16.0. The molecule has 0 bridgehead atoms. The summed E-state index contributed by atoms with van der Waals surface area (Å²) in [5, 5.41) is 0. The van der Waals surface area contributed by atoms with E-state index in [1.807, 2.05) is 30.0 Å². The molecule has 1 aromatic rings. The highest BCUT2D eigenvalue weighted by Crippen LogP contribution is 2.16. The highest BCUT2D eigenvalue weighted by atomic mass is 16.5. The van der Waals surface area contributed by atoms with Gasteiger partial charge in [-0.3, -0.25) is 4.79 Å². The van der Waals surface area contributed by atoms with Crippen LogP contribution in [0.5, 0.6) is 0 Å². The molecular formula is C17H26N2O2. The maximum absolute atomic E-state index is 12.6. The average molecular weight is 290 g/mol. The summed E-state index contributed by atoms with van der Waals surface area (Å²) in [6, 6.07) is 9.90. The van der Waals surface area contributed by atoms with Gasteiger partial charge in [-0.05, 0) is 31.7 Å². The Kier molecular flexibility index (Phi) is 5.76. The molecule has 4 nitrogen and oxygen atoms in total. The zero-order chi connectivity index (χ0) is 15.2. The molecule has 1 aliphatic heterocycles. The van der Waals surface area contributed by atoms with E-state index in [1.54, 1.807) is 0 Å². The van der Waals surface area contributed by atoms with E-state index >= 15 is 0 Å². The fourth-order valence-electron chi connectivity index (χ4n) is 2.76. The van der Waals surface area contributed by atoms with Crippen LogP contribution in [0.2, 0.25) is 0 Å². The van der Waals surface area contributed by atoms with Crippen LogP contribution >= 0.6 is 0 Å². The monoisotopic (exact) mass is 290 g/mol. The van der Waals surface area contributed by atoms with Gasteiger partial charge in [0.05, 0.1) is 24.8 Å². The van der Waals surface area contributed by atoms with Crippen molar-refractivity contribution in [1.82, 2.24) is 4.90 Å². The molecule has 0 aromatic heterocycles. The predicted molar refractivity (Wildman–Crippen MR) is 83.9 cm³/mol. The molecule has 3 unspecified atom stereocenters. The zero-order valence-electron chi connectivity index (χ0n) is 13.0. The number of benzene rings is 1. The van der Waals surface area contributed by atoms with Gasteiger partial charge in [-0.25, -0.2) is 0 Å². The number of rotatable bonds is 5. The molecular weight excluding hydrogens is 264 g/mol. The van der Waals surface area contributed by atoms with Crippen LogP contribution in [0.15, 0.2) is 30.3 Å². The minimum atomic E-state index is -0.426. The number of nitrogens with zero attached hydrogens (tertiary/aromatic N) is 1. The number of morpholine rings is 1. The van der Waals surface area contributed by atoms with Crippen LogP contribution in [0.1, 0.15) is 32.3 Å². The van der Waals surface area contributed by atoms with Gasteiger partial charge >= 0.3 is 0 Å². The molecule has 0 aliphatic carbocycles. The molecule has 4 heteroatoms. The Morgan fingerprint density at radius 3 is 2.81 bits per heavy atom. The third-order valence-electron chi connectivity index (χ3n) is 4.13. The second kappa shape index (κ2) is 7.57. The van der Waals surface area contributed by atoms with Gasteiger partial charge in [-0.1, -0.05) is 37.3 Å². The molecule has 1 heterocycles. The Bertz CT molecular complexity index is 449. The average Bonchev–Trinajstić information content (AvgIpc) is 2.52. The number of ether oxygens (including phenoxy) is 1. The van der Waals surface area contributed by atoms with Crippen molar-refractivity contribution in [2.75, 3.05) is 13.2 Å². The van der Waals surface area contributed by atoms with Crippen LogP contribution in [-0.2, 0) is 16.0 Å². The van der Waals surface area contributed by atoms with Gasteiger partial charge in [-0.15, -0.1) is 0 Å². The summed E-state index contributed by atoms with van der Waals surface area (Å²) in [4.78, 5) is 14.5. The van der Waals surface area contributed by atoms with Crippen molar-refractivity contribution in [2.45, 2.75) is 51.3 Å². The molecule has 0 saturated carbocycles. The van der Waals surface area contributed by atoms with Gasteiger partial charge in [-0.2, -0.15) is 0 Å². The molecule has 0 radical (unpaired) electrons. The van der Waals surface area contributed by atoms with Crippen molar-refractivity contribution in [1.29, 1.82) is 0 Å². The van der Waals surface area contributed by atoms with Gasteiger partial charge in [0.25, 0.3) is 0 Å². The van der Waals surface area contributed by atoms with Crippen LogP contribution in [0, 0.1) is 0 Å². The zero-order valence-corrected chi connectivity index (χ0v) is 13.0. The predicted octanol–water partition coefficient (Wildman–Crippen LogP) is 1.97. The summed E-state index contributed by atoms with van der Waals surface area (Å²) >= 11 is 0. The number of hydrogen-bond acceptors (Lipinski definition) is 3. The number of hydrogen-bond donors (Lipinski definition) is 1. The van der Waals surface area contributed by atoms with Gasteiger partial charge in [0.2, 0.25) is 5.91 Å². The van der Waals surface area contributed by atoms with Crippen molar-refractivity contribution in [3.05, 3.63) is 35.9 Å². The van der Waals surface area contributed by atoms with Crippen molar-refractivity contribution in [3.8, 4) is 0 Å². The SMILES string of the molecule is CCC1COC(C)CN1C(=O)C(N)CCc1ccccc1. The molecule has 3 atom stereocenters. The first-order valence-electron chi connectivity index (χ1n) is 7.83. The molecule has 1 saturated heterocycles. The van der Waals surface area contributed by atoms with E-state index in [9.17, 15) is 4.79 Å². The van der Waals surface area contributed by atoms with E-state index in [1.165, 1.54) is 5.56 Å². The molecule has 2 rings (SSSR count). The Labute approximate surface area is 127 Å².